The highest BCUT2D eigenvalue weighted by molar-refractivity contribution is 5.71. The highest BCUT2D eigenvalue weighted by Crippen LogP contribution is 2.34. The molecule has 2 rings (SSSR count). The number of aromatic nitrogens is 1. The number of hydrogen-bond acceptors (Lipinski definition) is 2. The molecule has 1 aromatic carbocycles. The zero-order valence-electron chi connectivity index (χ0n) is 12.2. The summed E-state index contributed by atoms with van der Waals surface area (Å²) in [5.41, 5.74) is 6.63. The molecule has 1 aromatic heterocycles. The highest BCUT2D eigenvalue weighted by atomic mass is 16.5. The molecule has 0 aliphatic rings. The molecule has 2 aromatic rings. The second-order valence-electron chi connectivity index (χ2n) is 4.99. The summed E-state index contributed by atoms with van der Waals surface area (Å²) in [5, 5.41) is 9.38. The lowest BCUT2D eigenvalue weighted by molar-refractivity contribution is 0.281. The van der Waals surface area contributed by atoms with Crippen molar-refractivity contribution in [3.05, 3.63) is 40.6 Å². The minimum atomic E-state index is 0.0623. The van der Waals surface area contributed by atoms with Crippen LogP contribution in [0.4, 0.5) is 0 Å². The van der Waals surface area contributed by atoms with Crippen LogP contribution in [0.1, 0.15) is 22.4 Å². The van der Waals surface area contributed by atoms with Gasteiger partial charge >= 0.3 is 0 Å². The SMILES string of the molecule is COc1cc(C)c(C)cc1-c1cc(CO)c(C)n1C. The lowest BCUT2D eigenvalue weighted by atomic mass is 10.0. The summed E-state index contributed by atoms with van der Waals surface area (Å²) in [6, 6.07) is 6.23. The standard InChI is InChI=1S/C16H21NO2/c1-10-6-14(16(19-5)7-11(10)2)15-8-13(9-18)12(3)17(15)4/h6-8,18H,9H2,1-5H3. The second kappa shape index (κ2) is 5.10. The molecule has 0 unspecified atom stereocenters. The molecule has 0 aliphatic carbocycles. The van der Waals surface area contributed by atoms with E-state index in [0.29, 0.717) is 0 Å². The molecule has 0 aliphatic heterocycles. The van der Waals surface area contributed by atoms with Gasteiger partial charge in [0.1, 0.15) is 5.75 Å². The predicted molar refractivity (Wildman–Crippen MR) is 77.5 cm³/mol. The van der Waals surface area contributed by atoms with Gasteiger partial charge in [0.2, 0.25) is 0 Å². The Morgan fingerprint density at radius 1 is 1.11 bits per heavy atom. The minimum Gasteiger partial charge on any atom is -0.496 e. The van der Waals surface area contributed by atoms with Gasteiger partial charge in [-0.1, -0.05) is 0 Å². The summed E-state index contributed by atoms with van der Waals surface area (Å²) in [4.78, 5) is 0. The Balaban J connectivity index is 2.68. The first kappa shape index (κ1) is 13.7. The lowest BCUT2D eigenvalue weighted by Gasteiger charge is -2.13. The molecule has 0 atom stereocenters. The van der Waals surface area contributed by atoms with Gasteiger partial charge in [-0.2, -0.15) is 0 Å². The molecule has 0 saturated carbocycles. The number of nitrogens with zero attached hydrogens (tertiary/aromatic N) is 1. The van der Waals surface area contributed by atoms with Gasteiger partial charge < -0.3 is 14.4 Å². The van der Waals surface area contributed by atoms with Gasteiger partial charge in [-0.05, 0) is 55.7 Å². The summed E-state index contributed by atoms with van der Waals surface area (Å²) in [6.07, 6.45) is 0. The maximum atomic E-state index is 9.38. The molecule has 0 fully saturated rings. The number of aliphatic hydroxyl groups is 1. The minimum absolute atomic E-state index is 0.0623. The molecule has 0 bridgehead atoms. The number of benzene rings is 1. The average Bonchev–Trinajstić information content (AvgIpc) is 2.69. The van der Waals surface area contributed by atoms with Crippen molar-refractivity contribution < 1.29 is 9.84 Å². The van der Waals surface area contributed by atoms with E-state index in [0.717, 1.165) is 28.3 Å². The smallest absolute Gasteiger partial charge is 0.128 e. The molecular formula is C16H21NO2. The Kier molecular flexibility index (Phi) is 3.67. The van der Waals surface area contributed by atoms with Crippen LogP contribution < -0.4 is 4.74 Å². The van der Waals surface area contributed by atoms with Gasteiger partial charge in [-0.3, -0.25) is 0 Å². The third-order valence-corrected chi connectivity index (χ3v) is 3.90. The monoisotopic (exact) mass is 259 g/mol. The first-order chi connectivity index (χ1) is 8.99. The van der Waals surface area contributed by atoms with Crippen LogP contribution in [0.15, 0.2) is 18.2 Å². The quantitative estimate of drug-likeness (QED) is 0.919. The topological polar surface area (TPSA) is 34.4 Å². The van der Waals surface area contributed by atoms with E-state index in [2.05, 4.69) is 30.5 Å². The number of hydrogen-bond donors (Lipinski definition) is 1. The number of ether oxygens (including phenoxy) is 1. The number of methoxy groups -OCH3 is 1. The number of aliphatic hydroxyl groups excluding tert-OH is 1. The molecule has 0 spiro atoms. The Morgan fingerprint density at radius 3 is 2.26 bits per heavy atom. The Hall–Kier alpha value is -1.74. The van der Waals surface area contributed by atoms with Gasteiger partial charge in [0.05, 0.1) is 19.4 Å². The normalized spacial score (nSPS) is 10.8. The summed E-state index contributed by atoms with van der Waals surface area (Å²) in [7, 11) is 3.70. The van der Waals surface area contributed by atoms with Crippen LogP contribution in [0, 0.1) is 20.8 Å². The van der Waals surface area contributed by atoms with E-state index in [1.165, 1.54) is 11.1 Å². The fourth-order valence-electron chi connectivity index (χ4n) is 2.34. The van der Waals surface area contributed by atoms with Crippen molar-refractivity contribution in [1.29, 1.82) is 0 Å². The molecule has 1 heterocycles. The van der Waals surface area contributed by atoms with E-state index < -0.39 is 0 Å². The van der Waals surface area contributed by atoms with E-state index >= 15 is 0 Å². The first-order valence-electron chi connectivity index (χ1n) is 6.41. The van der Waals surface area contributed by atoms with Crippen LogP contribution in [-0.2, 0) is 13.7 Å². The van der Waals surface area contributed by atoms with E-state index in [-0.39, 0.29) is 6.61 Å². The predicted octanol–water partition coefficient (Wildman–Crippen LogP) is 3.12. The van der Waals surface area contributed by atoms with Crippen LogP contribution in [0.5, 0.6) is 5.75 Å². The van der Waals surface area contributed by atoms with Crippen molar-refractivity contribution in [3.63, 3.8) is 0 Å². The summed E-state index contributed by atoms with van der Waals surface area (Å²) < 4.78 is 7.59. The molecule has 0 saturated heterocycles. The van der Waals surface area contributed by atoms with E-state index in [1.54, 1.807) is 7.11 Å². The molecule has 3 nitrogen and oxygen atoms in total. The largest absolute Gasteiger partial charge is 0.496 e. The molecule has 0 radical (unpaired) electrons. The maximum absolute atomic E-state index is 9.38. The molecule has 1 N–H and O–H groups in total. The zero-order valence-corrected chi connectivity index (χ0v) is 12.2. The third-order valence-electron chi connectivity index (χ3n) is 3.90. The number of rotatable bonds is 3. The van der Waals surface area contributed by atoms with Crippen molar-refractivity contribution >= 4 is 0 Å². The lowest BCUT2D eigenvalue weighted by Crippen LogP contribution is -1.98. The van der Waals surface area contributed by atoms with Crippen LogP contribution in [-0.4, -0.2) is 16.8 Å². The zero-order chi connectivity index (χ0) is 14.2. The van der Waals surface area contributed by atoms with E-state index in [4.69, 9.17) is 4.74 Å². The van der Waals surface area contributed by atoms with E-state index in [9.17, 15) is 5.11 Å². The van der Waals surface area contributed by atoms with Gasteiger partial charge in [0.15, 0.2) is 0 Å². The average molecular weight is 259 g/mol. The summed E-state index contributed by atoms with van der Waals surface area (Å²) >= 11 is 0. The van der Waals surface area contributed by atoms with Gasteiger partial charge in [0, 0.05) is 18.3 Å². The van der Waals surface area contributed by atoms with Crippen molar-refractivity contribution in [2.75, 3.05) is 7.11 Å². The Bertz CT molecular complexity index is 612. The molecule has 3 heteroatoms. The first-order valence-corrected chi connectivity index (χ1v) is 6.41. The molecule has 102 valence electrons. The van der Waals surface area contributed by atoms with Crippen LogP contribution in [0.3, 0.4) is 0 Å². The molecule has 19 heavy (non-hydrogen) atoms. The summed E-state index contributed by atoms with van der Waals surface area (Å²) in [5.74, 6) is 0.869. The fraction of sp³-hybridized carbons (Fsp3) is 0.375. The van der Waals surface area contributed by atoms with Gasteiger partial charge in [-0.15, -0.1) is 0 Å². The van der Waals surface area contributed by atoms with Crippen molar-refractivity contribution in [2.45, 2.75) is 27.4 Å². The highest BCUT2D eigenvalue weighted by Gasteiger charge is 2.15. The van der Waals surface area contributed by atoms with Crippen LogP contribution >= 0.6 is 0 Å². The van der Waals surface area contributed by atoms with Crippen LogP contribution in [0.2, 0.25) is 0 Å². The Morgan fingerprint density at radius 2 is 1.74 bits per heavy atom. The van der Waals surface area contributed by atoms with Crippen molar-refractivity contribution in [2.24, 2.45) is 7.05 Å². The second-order valence-corrected chi connectivity index (χ2v) is 4.99. The van der Waals surface area contributed by atoms with E-state index in [1.807, 2.05) is 20.0 Å². The van der Waals surface area contributed by atoms with Crippen molar-refractivity contribution in [3.8, 4) is 17.0 Å². The fourth-order valence-corrected chi connectivity index (χ4v) is 2.34. The molecular weight excluding hydrogens is 238 g/mol. The Labute approximate surface area is 114 Å². The van der Waals surface area contributed by atoms with Gasteiger partial charge in [-0.25, -0.2) is 0 Å². The molecule has 0 amide bonds. The van der Waals surface area contributed by atoms with Gasteiger partial charge in [0.25, 0.3) is 0 Å². The summed E-state index contributed by atoms with van der Waals surface area (Å²) in [6.45, 7) is 6.26. The van der Waals surface area contributed by atoms with Crippen LogP contribution in [0.25, 0.3) is 11.3 Å². The maximum Gasteiger partial charge on any atom is 0.128 e. The third kappa shape index (κ3) is 2.26. The van der Waals surface area contributed by atoms with Crippen molar-refractivity contribution in [1.82, 2.24) is 4.57 Å². The number of aryl methyl sites for hydroxylation is 2.